The summed E-state index contributed by atoms with van der Waals surface area (Å²) in [4.78, 5) is 12.1. The van der Waals surface area contributed by atoms with Gasteiger partial charge in [0.15, 0.2) is 0 Å². The van der Waals surface area contributed by atoms with Gasteiger partial charge in [-0.1, -0.05) is 29.8 Å². The largest absolute Gasteiger partial charge is 0.416 e. The van der Waals surface area contributed by atoms with Crippen molar-refractivity contribution in [1.29, 1.82) is 0 Å². The maximum absolute atomic E-state index is 12.8. The van der Waals surface area contributed by atoms with Crippen LogP contribution in [0, 0.1) is 0 Å². The minimum atomic E-state index is -4.62. The lowest BCUT2D eigenvalue weighted by molar-refractivity contribution is -0.137. The molecule has 3 aromatic rings. The molecular formula is C20H15ClF3N3O3S. The lowest BCUT2D eigenvalue weighted by atomic mass is 10.2. The molecule has 0 aromatic heterocycles. The van der Waals surface area contributed by atoms with Crippen LogP contribution in [0.3, 0.4) is 0 Å². The molecule has 0 aliphatic rings. The van der Waals surface area contributed by atoms with Gasteiger partial charge in [0.05, 0.1) is 16.1 Å². The second-order valence-corrected chi connectivity index (χ2v) is 8.42. The number of alkyl halides is 3. The molecule has 1 amide bonds. The second-order valence-electron chi connectivity index (χ2n) is 6.30. The molecule has 0 spiro atoms. The smallest absolute Gasteiger partial charge is 0.298 e. The van der Waals surface area contributed by atoms with E-state index in [-0.39, 0.29) is 16.1 Å². The van der Waals surface area contributed by atoms with E-state index < -0.39 is 27.7 Å². The number of carbonyl (C=O) groups excluding carboxylic acids is 1. The fourth-order valence-electron chi connectivity index (χ4n) is 2.54. The van der Waals surface area contributed by atoms with E-state index >= 15 is 0 Å². The highest BCUT2D eigenvalue weighted by Crippen LogP contribution is 2.31. The van der Waals surface area contributed by atoms with Gasteiger partial charge in [-0.3, -0.25) is 20.4 Å². The molecule has 0 radical (unpaired) electrons. The molecule has 11 heteroatoms. The maximum Gasteiger partial charge on any atom is 0.416 e. The van der Waals surface area contributed by atoms with Crippen LogP contribution in [-0.4, -0.2) is 14.3 Å². The van der Waals surface area contributed by atoms with E-state index in [4.69, 9.17) is 11.6 Å². The number of hydrogen-bond acceptors (Lipinski definition) is 4. The highest BCUT2D eigenvalue weighted by atomic mass is 35.5. The number of nitrogens with one attached hydrogen (secondary N) is 3. The molecule has 3 rings (SSSR count). The topological polar surface area (TPSA) is 87.3 Å². The lowest BCUT2D eigenvalue weighted by Gasteiger charge is -2.12. The van der Waals surface area contributed by atoms with E-state index in [1.165, 1.54) is 24.3 Å². The molecule has 6 nitrogen and oxygen atoms in total. The molecule has 0 unspecified atom stereocenters. The van der Waals surface area contributed by atoms with Gasteiger partial charge in [-0.15, -0.1) is 0 Å². The summed E-state index contributed by atoms with van der Waals surface area (Å²) >= 11 is 5.86. The van der Waals surface area contributed by atoms with Crippen LogP contribution < -0.4 is 15.6 Å². The van der Waals surface area contributed by atoms with Crippen molar-refractivity contribution < 1.29 is 26.4 Å². The molecule has 162 valence electrons. The number of carbonyl (C=O) groups is 1. The number of anilines is 2. The molecule has 0 aliphatic heterocycles. The van der Waals surface area contributed by atoms with Gasteiger partial charge in [0.2, 0.25) is 0 Å². The van der Waals surface area contributed by atoms with Gasteiger partial charge < -0.3 is 0 Å². The average Bonchev–Trinajstić information content (AvgIpc) is 2.71. The van der Waals surface area contributed by atoms with Crippen molar-refractivity contribution in [2.24, 2.45) is 0 Å². The van der Waals surface area contributed by atoms with E-state index in [0.29, 0.717) is 16.8 Å². The summed E-state index contributed by atoms with van der Waals surface area (Å²) in [6.45, 7) is 0. The molecule has 0 saturated heterocycles. The summed E-state index contributed by atoms with van der Waals surface area (Å²) in [5.74, 6) is -0.629. The molecule has 3 N–H and O–H groups in total. The van der Waals surface area contributed by atoms with Crippen LogP contribution in [0.25, 0.3) is 0 Å². The highest BCUT2D eigenvalue weighted by Gasteiger charge is 2.30. The number of amides is 1. The van der Waals surface area contributed by atoms with Crippen LogP contribution in [0.2, 0.25) is 5.02 Å². The van der Waals surface area contributed by atoms with Crippen molar-refractivity contribution in [3.05, 3.63) is 88.9 Å². The first-order valence-electron chi connectivity index (χ1n) is 8.67. The minimum Gasteiger partial charge on any atom is -0.298 e. The Labute approximate surface area is 181 Å². The summed E-state index contributed by atoms with van der Waals surface area (Å²) < 4.78 is 65.8. The van der Waals surface area contributed by atoms with Crippen molar-refractivity contribution >= 4 is 38.9 Å². The third-order valence-corrected chi connectivity index (χ3v) is 5.61. The molecule has 31 heavy (non-hydrogen) atoms. The van der Waals surface area contributed by atoms with E-state index in [1.807, 2.05) is 0 Å². The van der Waals surface area contributed by atoms with Crippen molar-refractivity contribution in [1.82, 2.24) is 5.43 Å². The first-order valence-corrected chi connectivity index (χ1v) is 10.5. The Morgan fingerprint density at radius 3 is 2.26 bits per heavy atom. The fourth-order valence-corrected chi connectivity index (χ4v) is 3.83. The molecule has 0 bridgehead atoms. The second kappa shape index (κ2) is 8.86. The summed E-state index contributed by atoms with van der Waals surface area (Å²) in [5.41, 5.74) is 4.33. The quantitative estimate of drug-likeness (QED) is 0.447. The molecule has 3 aromatic carbocycles. The molecule has 0 atom stereocenters. The highest BCUT2D eigenvalue weighted by molar-refractivity contribution is 7.92. The number of benzene rings is 3. The Morgan fingerprint density at radius 1 is 0.871 bits per heavy atom. The van der Waals surface area contributed by atoms with Crippen LogP contribution in [-0.2, 0) is 16.2 Å². The predicted molar refractivity (Wildman–Crippen MR) is 111 cm³/mol. The number of hydrazine groups is 1. The van der Waals surface area contributed by atoms with Crippen LogP contribution in [0.15, 0.2) is 77.7 Å². The Balaban J connectivity index is 1.76. The lowest BCUT2D eigenvalue weighted by Crippen LogP contribution is -2.29. The number of sulfonamides is 1. The summed E-state index contributed by atoms with van der Waals surface area (Å²) in [6, 6.07) is 15.4. The minimum absolute atomic E-state index is 0.0152. The van der Waals surface area contributed by atoms with Gasteiger partial charge in [0.1, 0.15) is 0 Å². The zero-order valence-electron chi connectivity index (χ0n) is 15.6. The van der Waals surface area contributed by atoms with Gasteiger partial charge in [-0.05, 0) is 54.6 Å². The van der Waals surface area contributed by atoms with Gasteiger partial charge in [-0.2, -0.15) is 13.2 Å². The van der Waals surface area contributed by atoms with Gasteiger partial charge in [0.25, 0.3) is 15.9 Å². The third-order valence-electron chi connectivity index (χ3n) is 3.99. The number of rotatable bonds is 6. The Kier molecular flexibility index (Phi) is 6.42. The van der Waals surface area contributed by atoms with E-state index in [1.54, 1.807) is 24.3 Å². The predicted octanol–water partition coefficient (Wildman–Crippen LogP) is 4.92. The first-order chi connectivity index (χ1) is 14.5. The maximum atomic E-state index is 12.8. The van der Waals surface area contributed by atoms with Crippen LogP contribution in [0.1, 0.15) is 15.9 Å². The van der Waals surface area contributed by atoms with Gasteiger partial charge in [-0.25, -0.2) is 8.42 Å². The number of hydrogen-bond donors (Lipinski definition) is 3. The first kappa shape index (κ1) is 22.4. The molecule has 0 aliphatic carbocycles. The van der Waals surface area contributed by atoms with Crippen molar-refractivity contribution in [3.8, 4) is 0 Å². The zero-order valence-corrected chi connectivity index (χ0v) is 17.1. The van der Waals surface area contributed by atoms with E-state index in [2.05, 4.69) is 15.6 Å². The van der Waals surface area contributed by atoms with Gasteiger partial charge >= 0.3 is 6.18 Å². The molecule has 0 heterocycles. The molecule has 0 saturated carbocycles. The van der Waals surface area contributed by atoms with Crippen LogP contribution >= 0.6 is 11.6 Å². The Morgan fingerprint density at radius 2 is 1.55 bits per heavy atom. The fraction of sp³-hybridized carbons (Fsp3) is 0.0500. The normalized spacial score (nSPS) is 11.6. The van der Waals surface area contributed by atoms with E-state index in [9.17, 15) is 26.4 Å². The summed E-state index contributed by atoms with van der Waals surface area (Å²) in [7, 11) is -4.24. The van der Waals surface area contributed by atoms with E-state index in [0.717, 1.165) is 18.2 Å². The molecule has 0 fully saturated rings. The SMILES string of the molecule is O=C(NNc1cccc(Cl)c1)c1cccc(S(=O)(=O)Nc2cccc(C(F)(F)F)c2)c1. The van der Waals surface area contributed by atoms with Crippen LogP contribution in [0.5, 0.6) is 0 Å². The summed E-state index contributed by atoms with van der Waals surface area (Å²) in [5, 5.41) is 0.452. The monoisotopic (exact) mass is 469 g/mol. The Hall–Kier alpha value is -3.24. The van der Waals surface area contributed by atoms with Gasteiger partial charge in [0, 0.05) is 16.3 Å². The van der Waals surface area contributed by atoms with Crippen molar-refractivity contribution in [3.63, 3.8) is 0 Å². The third kappa shape index (κ3) is 5.89. The summed E-state index contributed by atoms with van der Waals surface area (Å²) in [6.07, 6.45) is -4.62. The van der Waals surface area contributed by atoms with Crippen LogP contribution in [0.4, 0.5) is 24.5 Å². The Bertz CT molecular complexity index is 1220. The molecular weight excluding hydrogens is 455 g/mol. The number of halogens is 4. The standard InChI is InChI=1S/C20H15ClF3N3O3S/c21-15-6-3-7-16(12-15)25-26-19(28)13-4-1-9-18(10-13)31(29,30)27-17-8-2-5-14(11-17)20(22,23)24/h1-12,25,27H,(H,26,28). The average molecular weight is 470 g/mol. The zero-order chi connectivity index (χ0) is 22.6. The van der Waals surface area contributed by atoms with Crippen molar-refractivity contribution in [2.45, 2.75) is 11.1 Å². The van der Waals surface area contributed by atoms with Crippen molar-refractivity contribution in [2.75, 3.05) is 10.1 Å².